The van der Waals surface area contributed by atoms with Crippen molar-refractivity contribution in [3.05, 3.63) is 77.4 Å². The van der Waals surface area contributed by atoms with Crippen LogP contribution in [0.3, 0.4) is 0 Å². The monoisotopic (exact) mass is 323 g/mol. The van der Waals surface area contributed by atoms with Gasteiger partial charge in [-0.3, -0.25) is 4.68 Å². The summed E-state index contributed by atoms with van der Waals surface area (Å²) in [6.45, 7) is 0. The van der Waals surface area contributed by atoms with Crippen molar-refractivity contribution in [2.75, 3.05) is 7.11 Å². The molecule has 0 saturated heterocycles. The lowest BCUT2D eigenvalue weighted by molar-refractivity contribution is 0.209. The van der Waals surface area contributed by atoms with Gasteiger partial charge >= 0.3 is 0 Å². The first-order valence-electron chi connectivity index (χ1n) is 7.93. The number of aliphatic hydroxyl groups excluding tert-OH is 1. The van der Waals surface area contributed by atoms with Gasteiger partial charge in [-0.15, -0.1) is 0 Å². The van der Waals surface area contributed by atoms with Crippen LogP contribution in [0, 0.1) is 0 Å². The zero-order valence-corrected chi connectivity index (χ0v) is 13.9. The van der Waals surface area contributed by atoms with Crippen LogP contribution < -0.4 is 4.74 Å². The molecule has 2 aromatic carbocycles. The molecule has 1 aromatic heterocycles. The molecule has 1 N–H and O–H groups in total. The topological polar surface area (TPSA) is 60.2 Å². The molecule has 24 heavy (non-hydrogen) atoms. The first-order valence-corrected chi connectivity index (χ1v) is 7.93. The van der Waals surface area contributed by atoms with Gasteiger partial charge in [0, 0.05) is 13.5 Å². The van der Waals surface area contributed by atoms with Crippen molar-refractivity contribution in [1.29, 1.82) is 0 Å². The number of aliphatic hydroxyl groups is 1. The maximum absolute atomic E-state index is 10.4. The fourth-order valence-electron chi connectivity index (χ4n) is 2.71. The van der Waals surface area contributed by atoms with Crippen LogP contribution in [0.5, 0.6) is 5.75 Å². The van der Waals surface area contributed by atoms with E-state index in [1.165, 1.54) is 0 Å². The average molecular weight is 323 g/mol. The fourth-order valence-corrected chi connectivity index (χ4v) is 2.71. The lowest BCUT2D eigenvalue weighted by Gasteiger charge is -2.07. The molecule has 3 rings (SSSR count). The molecule has 5 nitrogen and oxygen atoms in total. The summed E-state index contributed by atoms with van der Waals surface area (Å²) < 4.78 is 7.12. The summed E-state index contributed by atoms with van der Waals surface area (Å²) >= 11 is 0. The van der Waals surface area contributed by atoms with E-state index >= 15 is 0 Å². The third-order valence-corrected chi connectivity index (χ3v) is 4.04. The molecule has 0 radical (unpaired) electrons. The van der Waals surface area contributed by atoms with E-state index in [1.54, 1.807) is 11.8 Å². The molecule has 5 heteroatoms. The predicted octanol–water partition coefficient (Wildman–Crippen LogP) is 2.69. The van der Waals surface area contributed by atoms with Crippen LogP contribution >= 0.6 is 0 Å². The van der Waals surface area contributed by atoms with Crippen molar-refractivity contribution in [3.63, 3.8) is 0 Å². The van der Waals surface area contributed by atoms with E-state index in [1.807, 2.05) is 55.6 Å². The standard InChI is InChI=1S/C19H21N3O2/c1-22-17(13-12-14-8-6-7-11-16(14)24-2)20-19(21-22)18(23)15-9-4-3-5-10-15/h3-11,18,23H,12-13H2,1-2H3. The van der Waals surface area contributed by atoms with E-state index in [2.05, 4.69) is 16.1 Å². The SMILES string of the molecule is COc1ccccc1CCc1nc(C(O)c2ccccc2)nn1C. The van der Waals surface area contributed by atoms with Crippen LogP contribution in [0.25, 0.3) is 0 Å². The molecular weight excluding hydrogens is 302 g/mol. The highest BCUT2D eigenvalue weighted by Crippen LogP contribution is 2.21. The highest BCUT2D eigenvalue weighted by atomic mass is 16.5. The number of rotatable bonds is 6. The minimum Gasteiger partial charge on any atom is -0.496 e. The van der Waals surface area contributed by atoms with Crippen molar-refractivity contribution in [2.45, 2.75) is 18.9 Å². The van der Waals surface area contributed by atoms with Gasteiger partial charge in [0.15, 0.2) is 5.82 Å². The third-order valence-electron chi connectivity index (χ3n) is 4.04. The highest BCUT2D eigenvalue weighted by Gasteiger charge is 2.17. The number of hydrogen-bond acceptors (Lipinski definition) is 4. The Balaban J connectivity index is 1.75. The Morgan fingerprint density at radius 1 is 1.04 bits per heavy atom. The summed E-state index contributed by atoms with van der Waals surface area (Å²) in [5.41, 5.74) is 1.92. The van der Waals surface area contributed by atoms with Gasteiger partial charge in [-0.1, -0.05) is 48.5 Å². The van der Waals surface area contributed by atoms with Crippen molar-refractivity contribution < 1.29 is 9.84 Å². The van der Waals surface area contributed by atoms with E-state index in [0.717, 1.165) is 35.5 Å². The first-order chi connectivity index (χ1) is 11.7. The second-order valence-corrected chi connectivity index (χ2v) is 5.63. The van der Waals surface area contributed by atoms with Crippen molar-refractivity contribution in [2.24, 2.45) is 7.05 Å². The molecule has 0 aliphatic rings. The summed E-state index contributed by atoms with van der Waals surface area (Å²) in [4.78, 5) is 4.52. The molecule has 0 spiro atoms. The Hall–Kier alpha value is -2.66. The normalized spacial score (nSPS) is 12.1. The Kier molecular flexibility index (Phi) is 4.91. The third kappa shape index (κ3) is 3.46. The number of benzene rings is 2. The van der Waals surface area contributed by atoms with E-state index in [4.69, 9.17) is 4.74 Å². The van der Waals surface area contributed by atoms with Gasteiger partial charge in [0.2, 0.25) is 0 Å². The first kappa shape index (κ1) is 16.2. The molecule has 124 valence electrons. The van der Waals surface area contributed by atoms with Crippen LogP contribution in [0.4, 0.5) is 0 Å². The molecule has 1 atom stereocenters. The molecule has 3 aromatic rings. The molecule has 1 heterocycles. The van der Waals surface area contributed by atoms with Gasteiger partial charge in [0.25, 0.3) is 0 Å². The Morgan fingerprint density at radius 3 is 2.50 bits per heavy atom. The number of ether oxygens (including phenoxy) is 1. The van der Waals surface area contributed by atoms with E-state index in [-0.39, 0.29) is 0 Å². The molecule has 0 bridgehead atoms. The van der Waals surface area contributed by atoms with Crippen LogP contribution in [0.2, 0.25) is 0 Å². The van der Waals surface area contributed by atoms with Gasteiger partial charge in [0.05, 0.1) is 7.11 Å². The lowest BCUT2D eigenvalue weighted by Crippen LogP contribution is -2.03. The Morgan fingerprint density at radius 2 is 1.75 bits per heavy atom. The summed E-state index contributed by atoms with van der Waals surface area (Å²) in [6.07, 6.45) is 0.723. The second kappa shape index (κ2) is 7.27. The number of hydrogen-bond donors (Lipinski definition) is 1. The fraction of sp³-hybridized carbons (Fsp3) is 0.263. The zero-order chi connectivity index (χ0) is 16.9. The molecule has 0 amide bonds. The predicted molar refractivity (Wildman–Crippen MR) is 91.9 cm³/mol. The summed E-state index contributed by atoms with van der Waals surface area (Å²) in [7, 11) is 3.53. The number of methoxy groups -OCH3 is 1. The maximum Gasteiger partial charge on any atom is 0.183 e. The molecule has 0 fully saturated rings. The van der Waals surface area contributed by atoms with Crippen LogP contribution in [0.15, 0.2) is 54.6 Å². The second-order valence-electron chi connectivity index (χ2n) is 5.63. The molecule has 0 aliphatic carbocycles. The van der Waals surface area contributed by atoms with Crippen LogP contribution in [-0.4, -0.2) is 27.0 Å². The van der Waals surface area contributed by atoms with Gasteiger partial charge in [-0.2, -0.15) is 5.10 Å². The maximum atomic E-state index is 10.4. The van der Waals surface area contributed by atoms with Gasteiger partial charge < -0.3 is 9.84 Å². The van der Waals surface area contributed by atoms with Crippen molar-refractivity contribution >= 4 is 0 Å². The van der Waals surface area contributed by atoms with Crippen molar-refractivity contribution in [1.82, 2.24) is 14.8 Å². The van der Waals surface area contributed by atoms with Crippen LogP contribution in [0.1, 0.15) is 28.9 Å². The van der Waals surface area contributed by atoms with E-state index in [0.29, 0.717) is 5.82 Å². The zero-order valence-electron chi connectivity index (χ0n) is 13.9. The van der Waals surface area contributed by atoms with Gasteiger partial charge in [0.1, 0.15) is 17.7 Å². The van der Waals surface area contributed by atoms with E-state index < -0.39 is 6.10 Å². The Bertz CT molecular complexity index is 799. The summed E-state index contributed by atoms with van der Waals surface area (Å²) in [5.74, 6) is 2.15. The number of aryl methyl sites for hydroxylation is 3. The van der Waals surface area contributed by atoms with Crippen LogP contribution in [-0.2, 0) is 19.9 Å². The van der Waals surface area contributed by atoms with Gasteiger partial charge in [-0.25, -0.2) is 4.98 Å². The summed E-state index contributed by atoms with van der Waals surface area (Å²) in [6, 6.07) is 17.4. The summed E-state index contributed by atoms with van der Waals surface area (Å²) in [5, 5.41) is 14.8. The van der Waals surface area contributed by atoms with E-state index in [9.17, 15) is 5.11 Å². The molecular formula is C19H21N3O2. The number of aromatic nitrogens is 3. The largest absolute Gasteiger partial charge is 0.496 e. The smallest absolute Gasteiger partial charge is 0.183 e. The number of nitrogens with zero attached hydrogens (tertiary/aromatic N) is 3. The Labute approximate surface area is 141 Å². The molecule has 1 unspecified atom stereocenters. The number of para-hydroxylation sites is 1. The lowest BCUT2D eigenvalue weighted by atomic mass is 10.1. The quantitative estimate of drug-likeness (QED) is 0.758. The van der Waals surface area contributed by atoms with Gasteiger partial charge in [-0.05, 0) is 23.6 Å². The highest BCUT2D eigenvalue weighted by molar-refractivity contribution is 5.33. The molecule has 0 aliphatic heterocycles. The minimum absolute atomic E-state index is 0.429. The average Bonchev–Trinajstić information content (AvgIpc) is 3.01. The molecule has 0 saturated carbocycles. The van der Waals surface area contributed by atoms with Crippen molar-refractivity contribution in [3.8, 4) is 5.75 Å². The minimum atomic E-state index is -0.808.